The molecule has 0 fully saturated rings. The third-order valence-electron chi connectivity index (χ3n) is 3.24. The van der Waals surface area contributed by atoms with E-state index in [1.165, 1.54) is 0 Å². The third kappa shape index (κ3) is 5.84. The first kappa shape index (κ1) is 16.9. The molecule has 0 aliphatic rings. The second-order valence-corrected chi connectivity index (χ2v) is 6.50. The van der Waals surface area contributed by atoms with E-state index in [1.54, 1.807) is 11.9 Å². The molecule has 1 atom stereocenters. The van der Waals surface area contributed by atoms with Crippen LogP contribution in [-0.4, -0.2) is 40.9 Å². The van der Waals surface area contributed by atoms with Crippen LogP contribution >= 0.6 is 0 Å². The molecule has 2 N–H and O–H groups in total. The lowest BCUT2D eigenvalue weighted by Crippen LogP contribution is -2.29. The molecule has 0 bridgehead atoms. The predicted octanol–water partition coefficient (Wildman–Crippen LogP) is 1.44. The highest BCUT2D eigenvalue weighted by Crippen LogP contribution is 2.10. The maximum Gasteiger partial charge on any atom is 0.223 e. The third-order valence-corrected chi connectivity index (χ3v) is 4.54. The molecule has 1 aromatic carbocycles. The van der Waals surface area contributed by atoms with Crippen molar-refractivity contribution in [3.63, 3.8) is 0 Å². The van der Waals surface area contributed by atoms with Crippen LogP contribution < -0.4 is 5.73 Å². The van der Waals surface area contributed by atoms with Crippen molar-refractivity contribution in [3.05, 3.63) is 35.4 Å². The van der Waals surface area contributed by atoms with Gasteiger partial charge in [0.05, 0.1) is 0 Å². The van der Waals surface area contributed by atoms with Crippen molar-refractivity contribution < 1.29 is 9.00 Å². The fraction of sp³-hybridized carbons (Fsp3) is 0.533. The van der Waals surface area contributed by atoms with Gasteiger partial charge in [-0.3, -0.25) is 9.00 Å². The zero-order valence-corrected chi connectivity index (χ0v) is 13.1. The zero-order chi connectivity index (χ0) is 15.0. The SMILES string of the molecule is Cc1ccccc1CS(=O)CCC(=O)N(C)CCCN. The van der Waals surface area contributed by atoms with E-state index in [4.69, 9.17) is 5.73 Å². The van der Waals surface area contributed by atoms with E-state index in [0.717, 1.165) is 17.5 Å². The first-order valence-electron chi connectivity index (χ1n) is 6.88. The maximum absolute atomic E-state index is 12.0. The molecule has 0 aliphatic carbocycles. The lowest BCUT2D eigenvalue weighted by Gasteiger charge is -2.16. The molecule has 1 amide bonds. The van der Waals surface area contributed by atoms with Crippen LogP contribution in [0.1, 0.15) is 24.0 Å². The molecule has 0 aromatic heterocycles. The number of rotatable bonds is 8. The number of aryl methyl sites for hydroxylation is 1. The van der Waals surface area contributed by atoms with E-state index in [2.05, 4.69) is 0 Å². The van der Waals surface area contributed by atoms with Crippen molar-refractivity contribution in [1.82, 2.24) is 4.90 Å². The molecule has 0 spiro atoms. The Labute approximate surface area is 123 Å². The summed E-state index contributed by atoms with van der Waals surface area (Å²) in [4.78, 5) is 13.5. The summed E-state index contributed by atoms with van der Waals surface area (Å²) in [7, 11) is 0.770. The quantitative estimate of drug-likeness (QED) is 0.789. The van der Waals surface area contributed by atoms with Gasteiger partial charge in [-0.15, -0.1) is 0 Å². The van der Waals surface area contributed by atoms with Crippen LogP contribution in [0.5, 0.6) is 0 Å². The normalized spacial score (nSPS) is 12.2. The molecule has 0 radical (unpaired) electrons. The number of benzene rings is 1. The van der Waals surface area contributed by atoms with Gasteiger partial charge in [0, 0.05) is 42.3 Å². The molecular weight excluding hydrogens is 272 g/mol. The fourth-order valence-electron chi connectivity index (χ4n) is 1.86. The van der Waals surface area contributed by atoms with Gasteiger partial charge >= 0.3 is 0 Å². The monoisotopic (exact) mass is 296 g/mol. The number of hydrogen-bond acceptors (Lipinski definition) is 3. The van der Waals surface area contributed by atoms with Gasteiger partial charge in [-0.2, -0.15) is 0 Å². The van der Waals surface area contributed by atoms with Crippen LogP contribution in [0, 0.1) is 6.92 Å². The number of amides is 1. The van der Waals surface area contributed by atoms with E-state index in [9.17, 15) is 9.00 Å². The minimum Gasteiger partial charge on any atom is -0.346 e. The second kappa shape index (κ2) is 8.87. The van der Waals surface area contributed by atoms with Crippen LogP contribution in [0.25, 0.3) is 0 Å². The molecule has 5 heteroatoms. The molecule has 1 rings (SSSR count). The standard InChI is InChI=1S/C15H24N2O2S/c1-13-6-3-4-7-14(13)12-20(19)11-8-15(18)17(2)10-5-9-16/h3-4,6-7H,5,8-12,16H2,1-2H3. The Morgan fingerprint density at radius 2 is 2.05 bits per heavy atom. The molecule has 0 saturated heterocycles. The number of nitrogens with zero attached hydrogens (tertiary/aromatic N) is 1. The molecule has 1 unspecified atom stereocenters. The van der Waals surface area contributed by atoms with Gasteiger partial charge in [0.2, 0.25) is 5.91 Å². The van der Waals surface area contributed by atoms with Gasteiger partial charge in [0.15, 0.2) is 0 Å². The van der Waals surface area contributed by atoms with E-state index in [1.807, 2.05) is 31.2 Å². The highest BCUT2D eigenvalue weighted by atomic mass is 32.2. The summed E-state index contributed by atoms with van der Waals surface area (Å²) in [5.74, 6) is 0.976. The van der Waals surface area contributed by atoms with Gasteiger partial charge in [-0.25, -0.2) is 0 Å². The second-order valence-electron chi connectivity index (χ2n) is 4.92. The van der Waals surface area contributed by atoms with Crippen molar-refractivity contribution in [1.29, 1.82) is 0 Å². The summed E-state index contributed by atoms with van der Waals surface area (Å²) in [5, 5.41) is 0. The highest BCUT2D eigenvalue weighted by Gasteiger charge is 2.11. The maximum atomic E-state index is 12.0. The number of nitrogens with two attached hydrogens (primary N) is 1. The van der Waals surface area contributed by atoms with Gasteiger partial charge in [-0.1, -0.05) is 24.3 Å². The highest BCUT2D eigenvalue weighted by molar-refractivity contribution is 7.84. The van der Waals surface area contributed by atoms with E-state index >= 15 is 0 Å². The predicted molar refractivity (Wildman–Crippen MR) is 83.8 cm³/mol. The van der Waals surface area contributed by atoms with E-state index < -0.39 is 10.8 Å². The molecule has 4 nitrogen and oxygen atoms in total. The van der Waals surface area contributed by atoms with Gasteiger partial charge in [0.1, 0.15) is 0 Å². The van der Waals surface area contributed by atoms with Crippen molar-refractivity contribution in [3.8, 4) is 0 Å². The van der Waals surface area contributed by atoms with Crippen molar-refractivity contribution in [2.24, 2.45) is 5.73 Å². The molecule has 0 saturated carbocycles. The van der Waals surface area contributed by atoms with E-state index in [-0.39, 0.29) is 5.91 Å². The van der Waals surface area contributed by atoms with Crippen molar-refractivity contribution in [2.75, 3.05) is 25.9 Å². The number of carbonyl (C=O) groups is 1. The smallest absolute Gasteiger partial charge is 0.223 e. The van der Waals surface area contributed by atoms with Gasteiger partial charge in [0.25, 0.3) is 0 Å². The van der Waals surface area contributed by atoms with Gasteiger partial charge in [-0.05, 0) is 31.0 Å². The van der Waals surface area contributed by atoms with Crippen LogP contribution in [0.2, 0.25) is 0 Å². The molecule has 1 aromatic rings. The first-order chi connectivity index (χ1) is 9.54. The average Bonchev–Trinajstić information content (AvgIpc) is 2.44. The summed E-state index contributed by atoms with van der Waals surface area (Å²) in [5.41, 5.74) is 7.65. The van der Waals surface area contributed by atoms with Crippen LogP contribution in [0.4, 0.5) is 0 Å². The summed E-state index contributed by atoms with van der Waals surface area (Å²) in [6.07, 6.45) is 1.13. The van der Waals surface area contributed by atoms with Crippen LogP contribution in [0.15, 0.2) is 24.3 Å². The van der Waals surface area contributed by atoms with E-state index in [0.29, 0.717) is 31.0 Å². The Kier molecular flexibility index (Phi) is 7.47. The lowest BCUT2D eigenvalue weighted by atomic mass is 10.1. The summed E-state index contributed by atoms with van der Waals surface area (Å²) in [6.45, 7) is 3.26. The fourth-order valence-corrected chi connectivity index (χ4v) is 3.08. The average molecular weight is 296 g/mol. The topological polar surface area (TPSA) is 63.4 Å². The Balaban J connectivity index is 2.36. The minimum atomic E-state index is -0.996. The summed E-state index contributed by atoms with van der Waals surface area (Å²) in [6, 6.07) is 7.92. The Bertz CT molecular complexity index is 463. The van der Waals surface area contributed by atoms with Crippen LogP contribution in [-0.2, 0) is 21.3 Å². The summed E-state index contributed by atoms with van der Waals surface area (Å²) < 4.78 is 12.0. The van der Waals surface area contributed by atoms with Crippen LogP contribution in [0.3, 0.4) is 0 Å². The summed E-state index contributed by atoms with van der Waals surface area (Å²) >= 11 is 0. The number of hydrogen-bond donors (Lipinski definition) is 1. The number of carbonyl (C=O) groups excluding carboxylic acids is 1. The lowest BCUT2D eigenvalue weighted by molar-refractivity contribution is -0.129. The Hall–Kier alpha value is -1.20. The Morgan fingerprint density at radius 1 is 1.35 bits per heavy atom. The first-order valence-corrected chi connectivity index (χ1v) is 8.37. The largest absolute Gasteiger partial charge is 0.346 e. The molecular formula is C15H24N2O2S. The molecule has 20 heavy (non-hydrogen) atoms. The molecule has 0 heterocycles. The zero-order valence-electron chi connectivity index (χ0n) is 12.3. The molecule has 0 aliphatic heterocycles. The van der Waals surface area contributed by atoms with Crippen molar-refractivity contribution >= 4 is 16.7 Å². The minimum absolute atomic E-state index is 0.0385. The van der Waals surface area contributed by atoms with Gasteiger partial charge < -0.3 is 10.6 Å². The Morgan fingerprint density at radius 3 is 2.70 bits per heavy atom. The molecule has 112 valence electrons. The van der Waals surface area contributed by atoms with Crippen molar-refractivity contribution in [2.45, 2.75) is 25.5 Å².